The van der Waals surface area contributed by atoms with Gasteiger partial charge in [0.25, 0.3) is 0 Å². The summed E-state index contributed by atoms with van der Waals surface area (Å²) in [5.41, 5.74) is 0. The zero-order valence-corrected chi connectivity index (χ0v) is 16.2. The van der Waals surface area contributed by atoms with Crippen LogP contribution >= 0.6 is 0 Å². The van der Waals surface area contributed by atoms with Gasteiger partial charge in [0, 0.05) is 6.42 Å². The lowest BCUT2D eigenvalue weighted by Gasteiger charge is -2.12. The van der Waals surface area contributed by atoms with Crippen LogP contribution in [-0.2, 0) is 9.53 Å². The lowest BCUT2D eigenvalue weighted by molar-refractivity contribution is -0.148. The monoisotopic (exact) mass is 326 g/mol. The summed E-state index contributed by atoms with van der Waals surface area (Å²) >= 11 is 0. The molecule has 0 spiro atoms. The van der Waals surface area contributed by atoms with Crippen molar-refractivity contribution >= 4 is 5.97 Å². The molecular formula is C21H42O2. The minimum Gasteiger partial charge on any atom is -0.463 e. The maximum Gasteiger partial charge on any atom is 0.306 e. The maximum absolute atomic E-state index is 11.4. The zero-order valence-electron chi connectivity index (χ0n) is 16.2. The topological polar surface area (TPSA) is 26.3 Å². The van der Waals surface area contributed by atoms with Crippen LogP contribution in [0.4, 0.5) is 0 Å². The second-order valence-electron chi connectivity index (χ2n) is 7.08. The molecule has 0 aromatic carbocycles. The lowest BCUT2D eigenvalue weighted by Crippen LogP contribution is -2.14. The number of hydrogen-bond donors (Lipinski definition) is 0. The molecule has 0 aromatic heterocycles. The van der Waals surface area contributed by atoms with Gasteiger partial charge in [0.15, 0.2) is 0 Å². The largest absolute Gasteiger partial charge is 0.463 e. The van der Waals surface area contributed by atoms with E-state index in [0.717, 1.165) is 12.8 Å². The molecule has 0 aliphatic rings. The van der Waals surface area contributed by atoms with Crippen LogP contribution < -0.4 is 0 Å². The first-order chi connectivity index (χ1) is 11.2. The van der Waals surface area contributed by atoms with Crippen LogP contribution in [0.3, 0.4) is 0 Å². The number of carbonyl (C=O) groups excluding carboxylic acids is 1. The molecule has 0 saturated carbocycles. The predicted molar refractivity (Wildman–Crippen MR) is 101 cm³/mol. The molecular weight excluding hydrogens is 284 g/mol. The average Bonchev–Trinajstić information content (AvgIpc) is 2.52. The zero-order chi connectivity index (χ0) is 17.2. The molecule has 2 nitrogen and oxygen atoms in total. The van der Waals surface area contributed by atoms with Crippen molar-refractivity contribution in [3.8, 4) is 0 Å². The summed E-state index contributed by atoms with van der Waals surface area (Å²) in [4.78, 5) is 11.4. The number of ether oxygens (including phenoxy) is 1. The van der Waals surface area contributed by atoms with E-state index in [1.165, 1.54) is 83.5 Å². The van der Waals surface area contributed by atoms with Crippen LogP contribution in [0.5, 0.6) is 0 Å². The van der Waals surface area contributed by atoms with Crippen LogP contribution in [0.1, 0.15) is 124 Å². The molecule has 0 bridgehead atoms. The van der Waals surface area contributed by atoms with Crippen molar-refractivity contribution in [2.24, 2.45) is 0 Å². The van der Waals surface area contributed by atoms with Crippen LogP contribution in [0.15, 0.2) is 0 Å². The summed E-state index contributed by atoms with van der Waals surface area (Å²) in [6, 6.07) is 0. The molecule has 0 radical (unpaired) electrons. The van der Waals surface area contributed by atoms with Crippen molar-refractivity contribution < 1.29 is 9.53 Å². The highest BCUT2D eigenvalue weighted by Gasteiger charge is 2.07. The second kappa shape index (κ2) is 17.8. The molecule has 1 atom stereocenters. The number of carbonyl (C=O) groups is 1. The Morgan fingerprint density at radius 2 is 1.13 bits per heavy atom. The van der Waals surface area contributed by atoms with E-state index in [4.69, 9.17) is 4.74 Å². The van der Waals surface area contributed by atoms with Crippen molar-refractivity contribution in [1.82, 2.24) is 0 Å². The Morgan fingerprint density at radius 3 is 1.57 bits per heavy atom. The second-order valence-corrected chi connectivity index (χ2v) is 7.08. The standard InChI is InChI=1S/C21H42O2/c1-4-6-7-8-9-10-11-12-13-14-15-16-17-19-20(3)23-21(22)18-5-2/h20H,4-19H2,1-3H3. The first kappa shape index (κ1) is 22.5. The summed E-state index contributed by atoms with van der Waals surface area (Å²) in [7, 11) is 0. The Balaban J connectivity index is 3.17. The molecule has 0 aliphatic carbocycles. The first-order valence-corrected chi connectivity index (χ1v) is 10.4. The van der Waals surface area contributed by atoms with Crippen LogP contribution in [0.2, 0.25) is 0 Å². The third kappa shape index (κ3) is 17.7. The number of hydrogen-bond acceptors (Lipinski definition) is 2. The summed E-state index contributed by atoms with van der Waals surface area (Å²) in [5.74, 6) is -0.0327. The van der Waals surface area contributed by atoms with Gasteiger partial charge in [0.2, 0.25) is 0 Å². The van der Waals surface area contributed by atoms with E-state index >= 15 is 0 Å². The predicted octanol–water partition coefficient (Wildman–Crippen LogP) is 7.20. The van der Waals surface area contributed by atoms with Gasteiger partial charge in [0.05, 0.1) is 6.10 Å². The van der Waals surface area contributed by atoms with Crippen molar-refractivity contribution in [1.29, 1.82) is 0 Å². The lowest BCUT2D eigenvalue weighted by atomic mass is 10.0. The molecule has 0 aliphatic heterocycles. The summed E-state index contributed by atoms with van der Waals surface area (Å²) in [6.45, 7) is 6.31. The van der Waals surface area contributed by atoms with Gasteiger partial charge in [-0.05, 0) is 26.2 Å². The highest BCUT2D eigenvalue weighted by Crippen LogP contribution is 2.14. The van der Waals surface area contributed by atoms with Crippen molar-refractivity contribution in [3.05, 3.63) is 0 Å². The molecule has 0 saturated heterocycles. The minimum absolute atomic E-state index is 0.0327. The normalized spacial score (nSPS) is 12.3. The number of rotatable bonds is 17. The van der Waals surface area contributed by atoms with Gasteiger partial charge in [-0.2, -0.15) is 0 Å². The highest BCUT2D eigenvalue weighted by molar-refractivity contribution is 5.69. The highest BCUT2D eigenvalue weighted by atomic mass is 16.5. The van der Waals surface area contributed by atoms with E-state index in [0.29, 0.717) is 6.42 Å². The Kier molecular flexibility index (Phi) is 17.4. The average molecular weight is 327 g/mol. The van der Waals surface area contributed by atoms with E-state index in [1.807, 2.05) is 13.8 Å². The fourth-order valence-corrected chi connectivity index (χ4v) is 3.00. The van der Waals surface area contributed by atoms with Gasteiger partial charge in [-0.3, -0.25) is 4.79 Å². The smallest absolute Gasteiger partial charge is 0.306 e. The Labute approximate surface area is 145 Å². The van der Waals surface area contributed by atoms with E-state index in [1.54, 1.807) is 0 Å². The van der Waals surface area contributed by atoms with Crippen molar-refractivity contribution in [2.45, 2.75) is 130 Å². The van der Waals surface area contributed by atoms with E-state index in [9.17, 15) is 4.79 Å². The Bertz CT molecular complexity index is 250. The SMILES string of the molecule is CCCCCCCCCCCCCCCC(C)OC(=O)CCC. The molecule has 0 heterocycles. The van der Waals surface area contributed by atoms with Crippen molar-refractivity contribution in [2.75, 3.05) is 0 Å². The summed E-state index contributed by atoms with van der Waals surface area (Å²) in [5, 5.41) is 0. The molecule has 1 unspecified atom stereocenters. The van der Waals surface area contributed by atoms with E-state index in [-0.39, 0.29) is 12.1 Å². The third-order valence-electron chi connectivity index (χ3n) is 4.50. The van der Waals surface area contributed by atoms with Gasteiger partial charge < -0.3 is 4.74 Å². The van der Waals surface area contributed by atoms with E-state index < -0.39 is 0 Å². The molecule has 138 valence electrons. The molecule has 0 aromatic rings. The van der Waals surface area contributed by atoms with Gasteiger partial charge in [-0.15, -0.1) is 0 Å². The van der Waals surface area contributed by atoms with E-state index in [2.05, 4.69) is 6.92 Å². The summed E-state index contributed by atoms with van der Waals surface area (Å²) < 4.78 is 5.36. The molecule has 2 heteroatoms. The fourth-order valence-electron chi connectivity index (χ4n) is 3.00. The molecule has 0 rings (SSSR count). The van der Waals surface area contributed by atoms with Crippen LogP contribution in [0, 0.1) is 0 Å². The molecule has 0 fully saturated rings. The van der Waals surface area contributed by atoms with Gasteiger partial charge in [0.1, 0.15) is 0 Å². The van der Waals surface area contributed by atoms with Gasteiger partial charge >= 0.3 is 5.97 Å². The number of unbranched alkanes of at least 4 members (excludes halogenated alkanes) is 12. The Hall–Kier alpha value is -0.530. The molecule has 0 amide bonds. The van der Waals surface area contributed by atoms with Gasteiger partial charge in [-0.1, -0.05) is 90.9 Å². The van der Waals surface area contributed by atoms with Crippen molar-refractivity contribution in [3.63, 3.8) is 0 Å². The number of esters is 1. The maximum atomic E-state index is 11.4. The quantitative estimate of drug-likeness (QED) is 0.209. The third-order valence-corrected chi connectivity index (χ3v) is 4.50. The molecule has 23 heavy (non-hydrogen) atoms. The van der Waals surface area contributed by atoms with Crippen LogP contribution in [0.25, 0.3) is 0 Å². The summed E-state index contributed by atoms with van der Waals surface area (Å²) in [6.07, 6.45) is 20.5. The van der Waals surface area contributed by atoms with Gasteiger partial charge in [-0.25, -0.2) is 0 Å². The Morgan fingerprint density at radius 1 is 0.696 bits per heavy atom. The fraction of sp³-hybridized carbons (Fsp3) is 0.952. The molecule has 0 N–H and O–H groups in total. The first-order valence-electron chi connectivity index (χ1n) is 10.4. The van der Waals surface area contributed by atoms with Crippen LogP contribution in [-0.4, -0.2) is 12.1 Å². The minimum atomic E-state index is -0.0327.